The van der Waals surface area contributed by atoms with Gasteiger partial charge < -0.3 is 5.73 Å². The predicted octanol–water partition coefficient (Wildman–Crippen LogP) is 1.13. The van der Waals surface area contributed by atoms with Crippen molar-refractivity contribution in [1.29, 1.82) is 0 Å². The van der Waals surface area contributed by atoms with E-state index in [4.69, 9.17) is 5.73 Å². The van der Waals surface area contributed by atoms with Crippen LogP contribution in [0.3, 0.4) is 0 Å². The molecule has 2 atom stereocenters. The van der Waals surface area contributed by atoms with Crippen LogP contribution in [0.4, 0.5) is 11.5 Å². The van der Waals surface area contributed by atoms with Gasteiger partial charge in [0.25, 0.3) is 5.56 Å². The minimum absolute atomic E-state index is 0.124. The Morgan fingerprint density at radius 2 is 1.89 bits per heavy atom. The third kappa shape index (κ3) is 2.07. The SMILES string of the molecule is CCC(C)C(C)n1c(=O)c(N=O)c(N)n(C)c1=O. The number of aromatic nitrogens is 2. The highest BCUT2D eigenvalue weighted by molar-refractivity contribution is 5.55. The van der Waals surface area contributed by atoms with Gasteiger partial charge in [-0.15, -0.1) is 4.91 Å². The first-order valence-electron chi connectivity index (χ1n) is 5.81. The second kappa shape index (κ2) is 5.16. The summed E-state index contributed by atoms with van der Waals surface area (Å²) in [5.74, 6) is -0.0777. The highest BCUT2D eigenvalue weighted by Crippen LogP contribution is 2.20. The average Bonchev–Trinajstić information content (AvgIpc) is 2.35. The van der Waals surface area contributed by atoms with Gasteiger partial charge in [0.2, 0.25) is 5.69 Å². The summed E-state index contributed by atoms with van der Waals surface area (Å²) in [5, 5.41) is 2.63. The van der Waals surface area contributed by atoms with E-state index in [1.54, 1.807) is 6.92 Å². The van der Waals surface area contributed by atoms with Gasteiger partial charge in [-0.1, -0.05) is 20.3 Å². The first-order valence-corrected chi connectivity index (χ1v) is 5.81. The molecule has 0 radical (unpaired) electrons. The Labute approximate surface area is 104 Å². The largest absolute Gasteiger partial charge is 0.383 e. The van der Waals surface area contributed by atoms with Gasteiger partial charge in [-0.05, 0) is 18.0 Å². The number of nitrogens with two attached hydrogens (primary N) is 1. The van der Waals surface area contributed by atoms with Crippen LogP contribution in [0.25, 0.3) is 0 Å². The van der Waals surface area contributed by atoms with Crippen LogP contribution in [0.15, 0.2) is 14.8 Å². The molecule has 0 aliphatic heterocycles. The monoisotopic (exact) mass is 254 g/mol. The van der Waals surface area contributed by atoms with E-state index in [9.17, 15) is 14.5 Å². The molecule has 0 saturated carbocycles. The van der Waals surface area contributed by atoms with E-state index in [2.05, 4.69) is 5.18 Å². The molecule has 2 unspecified atom stereocenters. The zero-order chi connectivity index (χ0) is 14.0. The summed E-state index contributed by atoms with van der Waals surface area (Å²) in [6.07, 6.45) is 0.811. The van der Waals surface area contributed by atoms with Gasteiger partial charge in [-0.2, -0.15) is 0 Å². The van der Waals surface area contributed by atoms with Crippen LogP contribution in [0.1, 0.15) is 33.2 Å². The fourth-order valence-corrected chi connectivity index (χ4v) is 1.77. The van der Waals surface area contributed by atoms with E-state index in [0.29, 0.717) is 0 Å². The van der Waals surface area contributed by atoms with Crippen LogP contribution < -0.4 is 17.0 Å². The number of anilines is 1. The Morgan fingerprint density at radius 1 is 1.33 bits per heavy atom. The summed E-state index contributed by atoms with van der Waals surface area (Å²) < 4.78 is 2.11. The second-order valence-electron chi connectivity index (χ2n) is 4.47. The fraction of sp³-hybridized carbons (Fsp3) is 0.636. The smallest absolute Gasteiger partial charge is 0.332 e. The average molecular weight is 254 g/mol. The van der Waals surface area contributed by atoms with Crippen molar-refractivity contribution >= 4 is 11.5 Å². The van der Waals surface area contributed by atoms with Crippen LogP contribution in [0, 0.1) is 10.8 Å². The Bertz CT molecular complexity index is 573. The van der Waals surface area contributed by atoms with Crippen molar-refractivity contribution in [3.8, 4) is 0 Å². The lowest BCUT2D eigenvalue weighted by Gasteiger charge is -2.21. The standard InChI is InChI=1S/C11H18N4O3/c1-5-6(2)7(3)15-10(16)8(13-18)9(12)14(4)11(15)17/h6-7H,5,12H2,1-4H3. The molecule has 0 aromatic carbocycles. The fourth-order valence-electron chi connectivity index (χ4n) is 1.77. The van der Waals surface area contributed by atoms with Gasteiger partial charge in [0, 0.05) is 13.1 Å². The van der Waals surface area contributed by atoms with Crippen molar-refractivity contribution in [2.24, 2.45) is 18.1 Å². The number of hydrogen-bond acceptors (Lipinski definition) is 5. The lowest BCUT2D eigenvalue weighted by molar-refractivity contribution is 0.346. The minimum atomic E-state index is -0.724. The van der Waals surface area contributed by atoms with E-state index < -0.39 is 16.9 Å². The van der Waals surface area contributed by atoms with Crippen LogP contribution in [-0.2, 0) is 7.05 Å². The summed E-state index contributed by atoms with van der Waals surface area (Å²) in [6, 6.07) is -0.317. The number of nitrogen functional groups attached to an aromatic ring is 1. The molecule has 18 heavy (non-hydrogen) atoms. The molecule has 1 heterocycles. The van der Waals surface area contributed by atoms with Gasteiger partial charge >= 0.3 is 5.69 Å². The number of hydrogen-bond donors (Lipinski definition) is 1. The number of rotatable bonds is 4. The number of nitroso groups, excluding NO2 is 1. The van der Waals surface area contributed by atoms with Crippen LogP contribution in [0.5, 0.6) is 0 Å². The summed E-state index contributed by atoms with van der Waals surface area (Å²) in [5.41, 5.74) is 3.86. The highest BCUT2D eigenvalue weighted by atomic mass is 16.3. The summed E-state index contributed by atoms with van der Waals surface area (Å²) in [6.45, 7) is 5.66. The quantitative estimate of drug-likeness (QED) is 0.814. The van der Waals surface area contributed by atoms with Crippen molar-refractivity contribution in [2.75, 3.05) is 5.73 Å². The minimum Gasteiger partial charge on any atom is -0.383 e. The molecular weight excluding hydrogens is 236 g/mol. The molecule has 1 rings (SSSR count). The number of nitrogens with zero attached hydrogens (tertiary/aromatic N) is 3. The van der Waals surface area contributed by atoms with Crippen molar-refractivity contribution in [3.63, 3.8) is 0 Å². The molecule has 0 amide bonds. The first-order chi connectivity index (χ1) is 8.36. The van der Waals surface area contributed by atoms with Crippen LogP contribution in [-0.4, -0.2) is 9.13 Å². The molecule has 7 nitrogen and oxygen atoms in total. The molecule has 0 saturated heterocycles. The van der Waals surface area contributed by atoms with Crippen molar-refractivity contribution in [2.45, 2.75) is 33.2 Å². The van der Waals surface area contributed by atoms with E-state index >= 15 is 0 Å². The normalized spacial score (nSPS) is 14.2. The summed E-state index contributed by atoms with van der Waals surface area (Å²) >= 11 is 0. The van der Waals surface area contributed by atoms with E-state index in [-0.39, 0.29) is 17.8 Å². The molecule has 0 aliphatic carbocycles. The first kappa shape index (κ1) is 14.1. The molecule has 1 aromatic rings. The van der Waals surface area contributed by atoms with Crippen LogP contribution >= 0.6 is 0 Å². The summed E-state index contributed by atoms with van der Waals surface area (Å²) in [7, 11) is 1.41. The van der Waals surface area contributed by atoms with E-state index in [1.165, 1.54) is 7.05 Å². The third-order valence-electron chi connectivity index (χ3n) is 3.48. The molecule has 0 fully saturated rings. The Balaban J connectivity index is 3.65. The summed E-state index contributed by atoms with van der Waals surface area (Å²) in [4.78, 5) is 34.7. The Hall–Kier alpha value is -1.92. The van der Waals surface area contributed by atoms with Gasteiger partial charge in [0.15, 0.2) is 0 Å². The van der Waals surface area contributed by atoms with Crippen molar-refractivity contribution in [1.82, 2.24) is 9.13 Å². The van der Waals surface area contributed by atoms with E-state index in [1.807, 2.05) is 13.8 Å². The Kier molecular flexibility index (Phi) is 4.05. The zero-order valence-corrected chi connectivity index (χ0v) is 11.0. The van der Waals surface area contributed by atoms with Crippen molar-refractivity contribution in [3.05, 3.63) is 25.7 Å². The lowest BCUT2D eigenvalue weighted by Crippen LogP contribution is -2.42. The highest BCUT2D eigenvalue weighted by Gasteiger charge is 2.22. The van der Waals surface area contributed by atoms with E-state index in [0.717, 1.165) is 15.6 Å². The van der Waals surface area contributed by atoms with Crippen LogP contribution in [0.2, 0.25) is 0 Å². The van der Waals surface area contributed by atoms with Crippen molar-refractivity contribution < 1.29 is 0 Å². The molecule has 0 spiro atoms. The maximum Gasteiger partial charge on any atom is 0.332 e. The lowest BCUT2D eigenvalue weighted by atomic mass is 10.0. The second-order valence-corrected chi connectivity index (χ2v) is 4.47. The molecule has 7 heteroatoms. The predicted molar refractivity (Wildman–Crippen MR) is 70.0 cm³/mol. The molecule has 0 aliphatic rings. The van der Waals surface area contributed by atoms with Gasteiger partial charge in [0.1, 0.15) is 5.82 Å². The third-order valence-corrected chi connectivity index (χ3v) is 3.48. The topological polar surface area (TPSA) is 99.4 Å². The van der Waals surface area contributed by atoms with Gasteiger partial charge in [-0.3, -0.25) is 13.9 Å². The van der Waals surface area contributed by atoms with Gasteiger partial charge in [-0.25, -0.2) is 4.79 Å². The zero-order valence-electron chi connectivity index (χ0n) is 11.0. The molecule has 100 valence electrons. The maximum atomic E-state index is 12.0. The molecule has 0 bridgehead atoms. The molecular formula is C11H18N4O3. The molecule has 1 aromatic heterocycles. The molecule has 2 N–H and O–H groups in total. The Morgan fingerprint density at radius 3 is 2.33 bits per heavy atom. The van der Waals surface area contributed by atoms with Gasteiger partial charge in [0.05, 0.1) is 0 Å². The maximum absolute atomic E-state index is 12.0.